The zero-order valence-electron chi connectivity index (χ0n) is 12.7. The van der Waals surface area contributed by atoms with Gasteiger partial charge in [0.1, 0.15) is 0 Å². The smallest absolute Gasteiger partial charge is 0.0593 e. The van der Waals surface area contributed by atoms with Crippen LogP contribution in [0.25, 0.3) is 0 Å². The summed E-state index contributed by atoms with van der Waals surface area (Å²) in [6.45, 7) is 10.1. The van der Waals surface area contributed by atoms with Gasteiger partial charge in [0.2, 0.25) is 0 Å². The van der Waals surface area contributed by atoms with Crippen molar-refractivity contribution in [3.63, 3.8) is 0 Å². The molecule has 0 aliphatic carbocycles. The highest BCUT2D eigenvalue weighted by Crippen LogP contribution is 2.08. The third kappa shape index (κ3) is 6.43. The minimum Gasteiger partial charge on any atom is -0.380 e. The molecule has 1 aromatic rings. The van der Waals surface area contributed by atoms with Gasteiger partial charge in [0.15, 0.2) is 0 Å². The van der Waals surface area contributed by atoms with Crippen LogP contribution in [0.15, 0.2) is 18.3 Å². The Balaban J connectivity index is 2.56. The Bertz CT molecular complexity index is 351. The molecule has 0 saturated carbocycles. The van der Waals surface area contributed by atoms with Crippen molar-refractivity contribution in [2.75, 3.05) is 39.5 Å². The second kappa shape index (κ2) is 10.7. The fraction of sp³-hybridized carbons (Fsp3) is 0.667. The molecule has 1 heterocycles. The van der Waals surface area contributed by atoms with Crippen molar-refractivity contribution in [2.24, 2.45) is 5.73 Å². The molecule has 0 fully saturated rings. The van der Waals surface area contributed by atoms with Crippen molar-refractivity contribution < 1.29 is 9.47 Å². The molecule has 0 saturated heterocycles. The molecule has 0 amide bonds. The average Bonchev–Trinajstić information content (AvgIpc) is 2.48. The Morgan fingerprint density at radius 2 is 1.80 bits per heavy atom. The van der Waals surface area contributed by atoms with Gasteiger partial charge in [0.25, 0.3) is 0 Å². The molecule has 0 unspecified atom stereocenters. The first-order valence-corrected chi connectivity index (χ1v) is 7.32. The van der Waals surface area contributed by atoms with Gasteiger partial charge in [-0.2, -0.15) is 0 Å². The highest BCUT2D eigenvalue weighted by Gasteiger charge is 2.09. The lowest BCUT2D eigenvalue weighted by atomic mass is 10.2. The van der Waals surface area contributed by atoms with E-state index >= 15 is 0 Å². The molecule has 1 aromatic heterocycles. The molecule has 0 atom stereocenters. The second-order valence-corrected chi connectivity index (χ2v) is 4.48. The van der Waals surface area contributed by atoms with Gasteiger partial charge in [-0.15, -0.1) is 0 Å². The third-order valence-corrected chi connectivity index (χ3v) is 3.08. The van der Waals surface area contributed by atoms with Crippen LogP contribution < -0.4 is 5.73 Å². The number of aromatic nitrogens is 1. The summed E-state index contributed by atoms with van der Waals surface area (Å²) in [6, 6.07) is 4.04. The van der Waals surface area contributed by atoms with E-state index in [-0.39, 0.29) is 0 Å². The van der Waals surface area contributed by atoms with E-state index in [4.69, 9.17) is 15.2 Å². The first-order valence-electron chi connectivity index (χ1n) is 7.32. The van der Waals surface area contributed by atoms with Gasteiger partial charge in [-0.3, -0.25) is 9.88 Å². The molecule has 0 radical (unpaired) electrons. The van der Waals surface area contributed by atoms with Crippen LogP contribution in [0.5, 0.6) is 0 Å². The van der Waals surface area contributed by atoms with E-state index in [1.165, 1.54) is 5.56 Å². The summed E-state index contributed by atoms with van der Waals surface area (Å²) in [4.78, 5) is 6.65. The summed E-state index contributed by atoms with van der Waals surface area (Å²) in [5.41, 5.74) is 7.89. The van der Waals surface area contributed by atoms with Gasteiger partial charge in [-0.25, -0.2) is 0 Å². The van der Waals surface area contributed by atoms with E-state index < -0.39 is 0 Å². The Kier molecular flexibility index (Phi) is 9.15. The van der Waals surface area contributed by atoms with Crippen LogP contribution in [0.2, 0.25) is 0 Å². The average molecular weight is 281 g/mol. The van der Waals surface area contributed by atoms with Crippen LogP contribution in [0, 0.1) is 0 Å². The molecule has 0 aliphatic rings. The number of ether oxygens (including phenoxy) is 2. The largest absolute Gasteiger partial charge is 0.380 e. The minimum absolute atomic E-state index is 0.473. The van der Waals surface area contributed by atoms with Crippen molar-refractivity contribution in [1.29, 1.82) is 0 Å². The predicted molar refractivity (Wildman–Crippen MR) is 80.4 cm³/mol. The van der Waals surface area contributed by atoms with Gasteiger partial charge < -0.3 is 15.2 Å². The van der Waals surface area contributed by atoms with Gasteiger partial charge in [-0.1, -0.05) is 6.07 Å². The topological polar surface area (TPSA) is 60.6 Å². The van der Waals surface area contributed by atoms with Crippen molar-refractivity contribution in [3.05, 3.63) is 29.6 Å². The molecule has 20 heavy (non-hydrogen) atoms. The van der Waals surface area contributed by atoms with E-state index in [0.29, 0.717) is 6.54 Å². The zero-order valence-corrected chi connectivity index (χ0v) is 12.7. The van der Waals surface area contributed by atoms with Gasteiger partial charge in [-0.05, 0) is 25.5 Å². The Morgan fingerprint density at radius 3 is 2.35 bits per heavy atom. The summed E-state index contributed by atoms with van der Waals surface area (Å²) in [7, 11) is 0. The van der Waals surface area contributed by atoms with Crippen LogP contribution in [0.4, 0.5) is 0 Å². The quantitative estimate of drug-likeness (QED) is 0.622. The summed E-state index contributed by atoms with van der Waals surface area (Å²) >= 11 is 0. The van der Waals surface area contributed by atoms with E-state index in [2.05, 4.69) is 16.0 Å². The van der Waals surface area contributed by atoms with Crippen molar-refractivity contribution in [1.82, 2.24) is 9.88 Å². The standard InChI is InChI=1S/C15H27N3O2/c1-3-19-10-8-18(9-11-20-4-2)13-14-6-5-7-17-15(14)12-16/h5-7H,3-4,8-13,16H2,1-2H3. The van der Waals surface area contributed by atoms with Crippen LogP contribution in [-0.2, 0) is 22.6 Å². The van der Waals surface area contributed by atoms with E-state index in [9.17, 15) is 0 Å². The molecule has 0 aliphatic heterocycles. The maximum Gasteiger partial charge on any atom is 0.0593 e. The lowest BCUT2D eigenvalue weighted by Gasteiger charge is -2.23. The van der Waals surface area contributed by atoms with Crippen molar-refractivity contribution in [3.8, 4) is 0 Å². The molecular formula is C15H27N3O2. The molecule has 0 aromatic carbocycles. The Hall–Kier alpha value is -1.01. The lowest BCUT2D eigenvalue weighted by molar-refractivity contribution is 0.0796. The van der Waals surface area contributed by atoms with Gasteiger partial charge in [0, 0.05) is 45.6 Å². The molecule has 1 rings (SSSR count). The number of pyridine rings is 1. The molecular weight excluding hydrogens is 254 g/mol. The molecule has 0 bridgehead atoms. The fourth-order valence-corrected chi connectivity index (χ4v) is 1.99. The number of nitrogens with zero attached hydrogens (tertiary/aromatic N) is 2. The normalized spacial score (nSPS) is 11.2. The molecule has 5 nitrogen and oxygen atoms in total. The zero-order chi connectivity index (χ0) is 14.6. The first kappa shape index (κ1) is 17.0. The summed E-state index contributed by atoms with van der Waals surface area (Å²) in [5.74, 6) is 0. The Morgan fingerprint density at radius 1 is 1.15 bits per heavy atom. The van der Waals surface area contributed by atoms with Crippen LogP contribution in [0.1, 0.15) is 25.1 Å². The number of nitrogens with two attached hydrogens (primary N) is 1. The number of rotatable bonds is 11. The highest BCUT2D eigenvalue weighted by molar-refractivity contribution is 5.19. The molecule has 2 N–H and O–H groups in total. The van der Waals surface area contributed by atoms with E-state index in [0.717, 1.165) is 51.8 Å². The van der Waals surface area contributed by atoms with Crippen LogP contribution >= 0.6 is 0 Å². The highest BCUT2D eigenvalue weighted by atomic mass is 16.5. The van der Waals surface area contributed by atoms with Crippen LogP contribution in [0.3, 0.4) is 0 Å². The lowest BCUT2D eigenvalue weighted by Crippen LogP contribution is -2.31. The summed E-state index contributed by atoms with van der Waals surface area (Å²) < 4.78 is 10.9. The first-order chi connectivity index (χ1) is 9.81. The third-order valence-electron chi connectivity index (χ3n) is 3.08. The second-order valence-electron chi connectivity index (χ2n) is 4.48. The van der Waals surface area contributed by atoms with Gasteiger partial charge in [0.05, 0.1) is 18.9 Å². The van der Waals surface area contributed by atoms with Crippen molar-refractivity contribution >= 4 is 0 Å². The van der Waals surface area contributed by atoms with Crippen molar-refractivity contribution in [2.45, 2.75) is 26.9 Å². The Labute approximate surface area is 122 Å². The maximum absolute atomic E-state index is 5.74. The summed E-state index contributed by atoms with van der Waals surface area (Å²) in [6.07, 6.45) is 1.79. The van der Waals surface area contributed by atoms with E-state index in [1.807, 2.05) is 19.9 Å². The minimum atomic E-state index is 0.473. The van der Waals surface area contributed by atoms with E-state index in [1.54, 1.807) is 6.20 Å². The maximum atomic E-state index is 5.74. The predicted octanol–water partition coefficient (Wildman–Crippen LogP) is 1.42. The SMILES string of the molecule is CCOCCN(CCOCC)Cc1cccnc1CN. The van der Waals surface area contributed by atoms with Crippen LogP contribution in [-0.4, -0.2) is 49.4 Å². The number of hydrogen-bond donors (Lipinski definition) is 1. The molecule has 114 valence electrons. The fourth-order valence-electron chi connectivity index (χ4n) is 1.99. The summed E-state index contributed by atoms with van der Waals surface area (Å²) in [5, 5.41) is 0. The number of hydrogen-bond acceptors (Lipinski definition) is 5. The molecule has 5 heteroatoms. The monoisotopic (exact) mass is 281 g/mol. The van der Waals surface area contributed by atoms with Gasteiger partial charge >= 0.3 is 0 Å². The molecule has 0 spiro atoms.